The van der Waals surface area contributed by atoms with Crippen molar-refractivity contribution in [2.75, 3.05) is 12.4 Å². The van der Waals surface area contributed by atoms with Gasteiger partial charge in [-0.25, -0.2) is 9.67 Å². The highest BCUT2D eigenvalue weighted by molar-refractivity contribution is 7.99. The molecule has 5 heteroatoms. The smallest absolute Gasteiger partial charge is 0.220 e. The molecule has 0 saturated heterocycles. The normalized spacial score (nSPS) is 19.9. The van der Waals surface area contributed by atoms with Crippen LogP contribution in [-0.4, -0.2) is 27.1 Å². The average Bonchev–Trinajstić information content (AvgIpc) is 3.10. The van der Waals surface area contributed by atoms with E-state index >= 15 is 0 Å². The maximum atomic E-state index is 6.29. The van der Waals surface area contributed by atoms with E-state index in [2.05, 4.69) is 50.2 Å². The van der Waals surface area contributed by atoms with E-state index in [4.69, 9.17) is 14.8 Å². The molecule has 144 valence electrons. The van der Waals surface area contributed by atoms with E-state index < -0.39 is 0 Å². The third kappa shape index (κ3) is 2.53. The van der Waals surface area contributed by atoms with Crippen LogP contribution in [0.3, 0.4) is 0 Å². The zero-order valence-corrected chi connectivity index (χ0v) is 17.2. The lowest BCUT2D eigenvalue weighted by Crippen LogP contribution is -2.32. The monoisotopic (exact) mass is 399 g/mol. The van der Waals surface area contributed by atoms with E-state index in [0.717, 1.165) is 33.6 Å². The first-order valence-corrected chi connectivity index (χ1v) is 11.0. The maximum Gasteiger partial charge on any atom is 0.220 e. The van der Waals surface area contributed by atoms with Crippen LogP contribution < -0.4 is 4.74 Å². The van der Waals surface area contributed by atoms with E-state index in [1.54, 1.807) is 0 Å². The van der Waals surface area contributed by atoms with Gasteiger partial charge in [-0.3, -0.25) is 0 Å². The Balaban J connectivity index is 1.57. The van der Waals surface area contributed by atoms with E-state index in [1.165, 1.54) is 22.1 Å². The first-order valence-electron chi connectivity index (χ1n) is 10.0. The van der Waals surface area contributed by atoms with Crippen LogP contribution in [0, 0.1) is 19.8 Å². The highest BCUT2D eigenvalue weighted by atomic mass is 32.2. The Bertz CT molecular complexity index is 1250. The molecule has 2 aliphatic heterocycles. The summed E-state index contributed by atoms with van der Waals surface area (Å²) in [6.07, 6.45) is 0. The highest BCUT2D eigenvalue weighted by Crippen LogP contribution is 2.51. The molecule has 0 radical (unpaired) electrons. The van der Waals surface area contributed by atoms with Crippen LogP contribution in [0.5, 0.6) is 5.88 Å². The van der Waals surface area contributed by atoms with Crippen molar-refractivity contribution in [1.29, 1.82) is 0 Å². The largest absolute Gasteiger partial charge is 0.477 e. The van der Waals surface area contributed by atoms with E-state index in [1.807, 2.05) is 34.6 Å². The second kappa shape index (κ2) is 6.36. The van der Waals surface area contributed by atoms with Gasteiger partial charge in [0.15, 0.2) is 0 Å². The van der Waals surface area contributed by atoms with Gasteiger partial charge in [0, 0.05) is 28.5 Å². The summed E-state index contributed by atoms with van der Waals surface area (Å²) < 4.78 is 8.25. The van der Waals surface area contributed by atoms with E-state index in [-0.39, 0.29) is 5.92 Å². The molecule has 0 fully saturated rings. The van der Waals surface area contributed by atoms with Crippen molar-refractivity contribution in [2.45, 2.75) is 24.8 Å². The lowest BCUT2D eigenvalue weighted by atomic mass is 9.80. The molecule has 4 heterocycles. The molecule has 4 aromatic rings. The molecule has 2 aromatic carbocycles. The van der Waals surface area contributed by atoms with Gasteiger partial charge in [0.25, 0.3) is 0 Å². The van der Waals surface area contributed by atoms with Crippen molar-refractivity contribution in [2.24, 2.45) is 5.92 Å². The van der Waals surface area contributed by atoms with Crippen LogP contribution in [0.4, 0.5) is 0 Å². The quantitative estimate of drug-likeness (QED) is 0.436. The number of fused-ring (bicyclic) bond motifs is 6. The summed E-state index contributed by atoms with van der Waals surface area (Å²) in [5.74, 6) is 2.63. The number of aryl methyl sites for hydroxylation is 2. The number of aromatic nitrogens is 3. The highest BCUT2D eigenvalue weighted by Gasteiger charge is 2.41. The van der Waals surface area contributed by atoms with Crippen molar-refractivity contribution in [3.05, 3.63) is 77.0 Å². The fourth-order valence-electron chi connectivity index (χ4n) is 4.70. The lowest BCUT2D eigenvalue weighted by molar-refractivity contribution is 0.205. The van der Waals surface area contributed by atoms with E-state index in [0.29, 0.717) is 12.5 Å². The predicted octanol–water partition coefficient (Wildman–Crippen LogP) is 5.28. The van der Waals surface area contributed by atoms with Gasteiger partial charge in [-0.15, -0.1) is 11.8 Å². The molecule has 4 nitrogen and oxygen atoms in total. The Kier molecular flexibility index (Phi) is 3.75. The zero-order valence-electron chi connectivity index (χ0n) is 16.4. The van der Waals surface area contributed by atoms with Gasteiger partial charge in [0.05, 0.1) is 23.5 Å². The van der Waals surface area contributed by atoms with Crippen LogP contribution in [0.1, 0.15) is 28.3 Å². The van der Waals surface area contributed by atoms with E-state index in [9.17, 15) is 0 Å². The number of ether oxygens (including phenoxy) is 1. The SMILES string of the molecule is Cc1nn(-c2ccccc2)c2c1[C@H]1c3cc4cccc(C)c4nc3SC[C@H]1CO2. The Morgan fingerprint density at radius 3 is 2.79 bits per heavy atom. The summed E-state index contributed by atoms with van der Waals surface area (Å²) in [7, 11) is 0. The van der Waals surface area contributed by atoms with Gasteiger partial charge < -0.3 is 4.74 Å². The number of hydrogen-bond acceptors (Lipinski definition) is 4. The fourth-order valence-corrected chi connectivity index (χ4v) is 5.87. The summed E-state index contributed by atoms with van der Waals surface area (Å²) in [5, 5.41) is 7.24. The molecular formula is C24H21N3OS. The Morgan fingerprint density at radius 1 is 1.07 bits per heavy atom. The number of nitrogens with zero attached hydrogens (tertiary/aromatic N) is 3. The van der Waals surface area contributed by atoms with Gasteiger partial charge in [-0.1, -0.05) is 36.4 Å². The molecule has 2 atom stereocenters. The minimum absolute atomic E-state index is 0.282. The number of benzene rings is 2. The van der Waals surface area contributed by atoms with Gasteiger partial charge in [-0.05, 0) is 43.2 Å². The second-order valence-electron chi connectivity index (χ2n) is 7.94. The molecule has 2 aromatic heterocycles. The van der Waals surface area contributed by atoms with Crippen molar-refractivity contribution in [3.63, 3.8) is 0 Å². The van der Waals surface area contributed by atoms with Crippen LogP contribution in [0.25, 0.3) is 16.6 Å². The van der Waals surface area contributed by atoms with Crippen LogP contribution in [0.15, 0.2) is 59.6 Å². The Morgan fingerprint density at radius 2 is 1.93 bits per heavy atom. The molecule has 0 aliphatic carbocycles. The fraction of sp³-hybridized carbons (Fsp3) is 0.250. The van der Waals surface area contributed by atoms with Crippen molar-refractivity contribution >= 4 is 22.7 Å². The Hall–Kier alpha value is -2.79. The lowest BCUT2D eigenvalue weighted by Gasteiger charge is -2.36. The van der Waals surface area contributed by atoms with Crippen molar-refractivity contribution in [3.8, 4) is 11.6 Å². The summed E-state index contributed by atoms with van der Waals surface area (Å²) in [5.41, 5.74) is 6.97. The zero-order chi connectivity index (χ0) is 19.5. The minimum atomic E-state index is 0.282. The molecule has 29 heavy (non-hydrogen) atoms. The third-order valence-corrected chi connectivity index (χ3v) is 7.28. The average molecular weight is 400 g/mol. The standard InChI is InChI=1S/C24H21N3OS/c1-14-7-6-8-16-11-19-21-17(13-29-23(19)25-22(14)16)12-28-24-20(21)15(2)26-27(24)18-9-4-3-5-10-18/h3-11,17,21H,12-13H2,1-2H3/t17-,21-/m1/s1. The summed E-state index contributed by atoms with van der Waals surface area (Å²) in [6, 6.07) is 19.0. The molecule has 6 rings (SSSR count). The van der Waals surface area contributed by atoms with Crippen molar-refractivity contribution < 1.29 is 4.74 Å². The molecule has 0 spiro atoms. The van der Waals surface area contributed by atoms with Crippen LogP contribution >= 0.6 is 11.8 Å². The minimum Gasteiger partial charge on any atom is -0.477 e. The topological polar surface area (TPSA) is 39.9 Å². The Labute approximate surface area is 173 Å². The second-order valence-corrected chi connectivity index (χ2v) is 8.95. The molecule has 0 unspecified atom stereocenters. The summed E-state index contributed by atoms with van der Waals surface area (Å²) >= 11 is 1.86. The predicted molar refractivity (Wildman–Crippen MR) is 116 cm³/mol. The number of rotatable bonds is 1. The van der Waals surface area contributed by atoms with Gasteiger partial charge in [0.2, 0.25) is 5.88 Å². The van der Waals surface area contributed by atoms with Gasteiger partial charge in [-0.2, -0.15) is 5.10 Å². The molecule has 0 bridgehead atoms. The maximum absolute atomic E-state index is 6.29. The first kappa shape index (κ1) is 17.1. The molecule has 0 saturated carbocycles. The number of thioether (sulfide) groups is 1. The summed E-state index contributed by atoms with van der Waals surface area (Å²) in [6.45, 7) is 4.95. The molecule has 0 N–H and O–H groups in total. The van der Waals surface area contributed by atoms with Gasteiger partial charge >= 0.3 is 0 Å². The van der Waals surface area contributed by atoms with Gasteiger partial charge in [0.1, 0.15) is 5.03 Å². The number of pyridine rings is 1. The van der Waals surface area contributed by atoms with Crippen molar-refractivity contribution in [1.82, 2.24) is 14.8 Å². The molecule has 2 aliphatic rings. The van der Waals surface area contributed by atoms with Crippen LogP contribution in [-0.2, 0) is 0 Å². The van der Waals surface area contributed by atoms with Crippen LogP contribution in [0.2, 0.25) is 0 Å². The third-order valence-electron chi connectivity index (χ3n) is 6.09. The number of hydrogen-bond donors (Lipinski definition) is 0. The number of para-hydroxylation sites is 2. The summed E-state index contributed by atoms with van der Waals surface area (Å²) in [4.78, 5) is 5.07. The molecular weight excluding hydrogens is 378 g/mol. The first-order chi connectivity index (χ1) is 14.2. The molecule has 0 amide bonds.